The molecule has 0 saturated carbocycles. The third-order valence-electron chi connectivity index (χ3n) is 1.99. The lowest BCUT2D eigenvalue weighted by Gasteiger charge is -2.00. The molecule has 0 spiro atoms. The summed E-state index contributed by atoms with van der Waals surface area (Å²) < 4.78 is 0. The minimum Gasteiger partial charge on any atom is -0.480 e. The van der Waals surface area contributed by atoms with Gasteiger partial charge in [-0.05, 0) is 12.1 Å². The summed E-state index contributed by atoms with van der Waals surface area (Å²) in [6.07, 6.45) is 1.66. The van der Waals surface area contributed by atoms with E-state index >= 15 is 0 Å². The van der Waals surface area contributed by atoms with Crippen molar-refractivity contribution in [2.75, 3.05) is 0 Å². The molecular weight excluding hydrogens is 226 g/mol. The highest BCUT2D eigenvalue weighted by Gasteiger charge is 2.18. The Balaban J connectivity index is 2.30. The number of rotatable bonds is 3. The Kier molecular flexibility index (Phi) is 2.93. The number of hydrogen-bond donors (Lipinski definition) is 2. The number of thiazole rings is 1. The molecule has 1 unspecified atom stereocenters. The fourth-order valence-electron chi connectivity index (χ4n) is 1.16. The molecule has 0 aromatic carbocycles. The Bertz CT molecular complexity index is 498. The van der Waals surface area contributed by atoms with Crippen molar-refractivity contribution in [3.05, 3.63) is 35.5 Å². The lowest BCUT2D eigenvalue weighted by molar-refractivity contribution is -0.138. The second-order valence-corrected chi connectivity index (χ2v) is 3.97. The molecule has 2 rings (SSSR count). The van der Waals surface area contributed by atoms with Crippen molar-refractivity contribution in [3.8, 4) is 10.7 Å². The molecule has 0 radical (unpaired) electrons. The fraction of sp³-hybridized carbons (Fsp3) is 0.100. The van der Waals surface area contributed by atoms with Gasteiger partial charge in [0, 0.05) is 11.6 Å². The van der Waals surface area contributed by atoms with Gasteiger partial charge in [0.2, 0.25) is 0 Å². The highest BCUT2D eigenvalue weighted by atomic mass is 32.1. The van der Waals surface area contributed by atoms with E-state index in [2.05, 4.69) is 9.97 Å². The molecular formula is C10H9N3O2S. The molecule has 2 heterocycles. The maximum atomic E-state index is 10.7. The molecule has 0 saturated heterocycles. The molecule has 3 N–H and O–H groups in total. The summed E-state index contributed by atoms with van der Waals surface area (Å²) in [5, 5.41) is 11.1. The van der Waals surface area contributed by atoms with Gasteiger partial charge in [-0.15, -0.1) is 11.3 Å². The highest BCUT2D eigenvalue weighted by molar-refractivity contribution is 7.13. The van der Waals surface area contributed by atoms with Crippen LogP contribution in [0.15, 0.2) is 29.8 Å². The second-order valence-electron chi connectivity index (χ2n) is 3.11. The van der Waals surface area contributed by atoms with E-state index in [0.717, 1.165) is 5.69 Å². The predicted molar refractivity (Wildman–Crippen MR) is 59.9 cm³/mol. The van der Waals surface area contributed by atoms with Gasteiger partial charge in [0.05, 0.1) is 11.4 Å². The molecule has 5 nitrogen and oxygen atoms in total. The first-order valence-electron chi connectivity index (χ1n) is 4.53. The number of carbonyl (C=O) groups is 1. The smallest absolute Gasteiger partial charge is 0.326 e. The summed E-state index contributed by atoms with van der Waals surface area (Å²) in [6, 6.07) is 4.39. The van der Waals surface area contributed by atoms with Crippen LogP contribution in [0.5, 0.6) is 0 Å². The van der Waals surface area contributed by atoms with E-state index < -0.39 is 12.0 Å². The Hall–Kier alpha value is -1.79. The third-order valence-corrected chi connectivity index (χ3v) is 2.87. The van der Waals surface area contributed by atoms with Crippen LogP contribution < -0.4 is 5.73 Å². The van der Waals surface area contributed by atoms with Gasteiger partial charge in [-0.1, -0.05) is 6.07 Å². The number of carboxylic acids is 1. The van der Waals surface area contributed by atoms with Crippen molar-refractivity contribution < 1.29 is 9.90 Å². The highest BCUT2D eigenvalue weighted by Crippen LogP contribution is 2.23. The van der Waals surface area contributed by atoms with Gasteiger partial charge in [0.15, 0.2) is 0 Å². The molecule has 0 aliphatic rings. The van der Waals surface area contributed by atoms with E-state index in [1.807, 2.05) is 12.1 Å². The summed E-state index contributed by atoms with van der Waals surface area (Å²) in [5.74, 6) is -1.09. The molecule has 0 aliphatic carbocycles. The first-order chi connectivity index (χ1) is 7.68. The van der Waals surface area contributed by atoms with Crippen LogP contribution in [0.3, 0.4) is 0 Å². The molecule has 82 valence electrons. The van der Waals surface area contributed by atoms with Gasteiger partial charge in [0.25, 0.3) is 0 Å². The number of nitrogens with zero attached hydrogens (tertiary/aromatic N) is 2. The minimum atomic E-state index is -1.09. The van der Waals surface area contributed by atoms with Crippen LogP contribution in [0.4, 0.5) is 0 Å². The maximum Gasteiger partial charge on any atom is 0.326 e. The first kappa shape index (κ1) is 10.7. The molecule has 16 heavy (non-hydrogen) atoms. The number of pyridine rings is 1. The van der Waals surface area contributed by atoms with Crippen LogP contribution in [0.25, 0.3) is 10.7 Å². The molecule has 2 aromatic heterocycles. The van der Waals surface area contributed by atoms with Gasteiger partial charge in [-0.3, -0.25) is 9.78 Å². The van der Waals surface area contributed by atoms with E-state index in [0.29, 0.717) is 10.7 Å². The Morgan fingerprint density at radius 1 is 1.50 bits per heavy atom. The minimum absolute atomic E-state index is 0.359. The van der Waals surface area contributed by atoms with Crippen LogP contribution in [0.1, 0.15) is 11.7 Å². The average Bonchev–Trinajstić information content (AvgIpc) is 2.78. The number of aromatic nitrogens is 2. The van der Waals surface area contributed by atoms with Gasteiger partial charge in [-0.2, -0.15) is 0 Å². The van der Waals surface area contributed by atoms with Gasteiger partial charge in [-0.25, -0.2) is 4.98 Å². The van der Waals surface area contributed by atoms with E-state index in [-0.39, 0.29) is 0 Å². The number of nitrogens with two attached hydrogens (primary N) is 1. The van der Waals surface area contributed by atoms with Gasteiger partial charge < -0.3 is 10.8 Å². The standard InChI is InChI=1S/C10H9N3O2S/c11-8(10(14)15)7-5-16-9(13-7)6-3-1-2-4-12-6/h1-5,8H,11H2,(H,14,15). The van der Waals surface area contributed by atoms with Crippen molar-refractivity contribution >= 4 is 17.3 Å². The number of hydrogen-bond acceptors (Lipinski definition) is 5. The molecule has 0 aliphatic heterocycles. The second kappa shape index (κ2) is 4.38. The number of aliphatic carboxylic acids is 1. The third kappa shape index (κ3) is 2.07. The first-order valence-corrected chi connectivity index (χ1v) is 5.41. The largest absolute Gasteiger partial charge is 0.480 e. The molecule has 0 fully saturated rings. The Morgan fingerprint density at radius 3 is 2.94 bits per heavy atom. The molecule has 1 atom stereocenters. The van der Waals surface area contributed by atoms with E-state index in [1.165, 1.54) is 11.3 Å². The molecule has 2 aromatic rings. The zero-order valence-electron chi connectivity index (χ0n) is 8.20. The van der Waals surface area contributed by atoms with Crippen LogP contribution in [-0.2, 0) is 4.79 Å². The SMILES string of the molecule is NC(C(=O)O)c1csc(-c2ccccn2)n1. The Labute approximate surface area is 95.6 Å². The summed E-state index contributed by atoms with van der Waals surface area (Å²) in [4.78, 5) is 18.9. The van der Waals surface area contributed by atoms with Crippen LogP contribution >= 0.6 is 11.3 Å². The zero-order chi connectivity index (χ0) is 11.5. The lowest BCUT2D eigenvalue weighted by atomic mass is 10.2. The monoisotopic (exact) mass is 235 g/mol. The van der Waals surface area contributed by atoms with E-state index in [4.69, 9.17) is 10.8 Å². The maximum absolute atomic E-state index is 10.7. The molecule has 0 amide bonds. The summed E-state index contributed by atoms with van der Waals surface area (Å²) in [7, 11) is 0. The summed E-state index contributed by atoms with van der Waals surface area (Å²) in [5.41, 5.74) is 6.53. The average molecular weight is 235 g/mol. The quantitative estimate of drug-likeness (QED) is 0.836. The van der Waals surface area contributed by atoms with E-state index in [1.54, 1.807) is 17.6 Å². The summed E-state index contributed by atoms with van der Waals surface area (Å²) >= 11 is 1.33. The van der Waals surface area contributed by atoms with Gasteiger partial charge in [0.1, 0.15) is 11.0 Å². The predicted octanol–water partition coefficient (Wildman–Crippen LogP) is 1.29. The van der Waals surface area contributed by atoms with Crippen molar-refractivity contribution in [1.82, 2.24) is 9.97 Å². The van der Waals surface area contributed by atoms with Crippen LogP contribution in [0, 0.1) is 0 Å². The van der Waals surface area contributed by atoms with E-state index in [9.17, 15) is 4.79 Å². The van der Waals surface area contributed by atoms with Crippen molar-refractivity contribution in [1.29, 1.82) is 0 Å². The normalized spacial score (nSPS) is 12.3. The van der Waals surface area contributed by atoms with Crippen molar-refractivity contribution in [2.24, 2.45) is 5.73 Å². The topological polar surface area (TPSA) is 89.1 Å². The molecule has 0 bridgehead atoms. The lowest BCUT2D eigenvalue weighted by Crippen LogP contribution is -2.20. The molecule has 6 heteroatoms. The van der Waals surface area contributed by atoms with Crippen LogP contribution in [0.2, 0.25) is 0 Å². The van der Waals surface area contributed by atoms with Gasteiger partial charge >= 0.3 is 5.97 Å². The Morgan fingerprint density at radius 2 is 2.31 bits per heavy atom. The van der Waals surface area contributed by atoms with Crippen LogP contribution in [-0.4, -0.2) is 21.0 Å². The van der Waals surface area contributed by atoms with Crippen molar-refractivity contribution in [3.63, 3.8) is 0 Å². The van der Waals surface area contributed by atoms with Crippen molar-refractivity contribution in [2.45, 2.75) is 6.04 Å². The summed E-state index contributed by atoms with van der Waals surface area (Å²) in [6.45, 7) is 0. The number of carboxylic acid groups (broad SMARTS) is 1. The zero-order valence-corrected chi connectivity index (χ0v) is 9.02. The fourth-order valence-corrected chi connectivity index (χ4v) is 1.99.